The highest BCUT2D eigenvalue weighted by Crippen LogP contribution is 2.28. The van der Waals surface area contributed by atoms with Crippen LogP contribution in [0.15, 0.2) is 28.7 Å². The lowest BCUT2D eigenvalue weighted by Crippen LogP contribution is -2.25. The van der Waals surface area contributed by atoms with Gasteiger partial charge in [0.15, 0.2) is 6.29 Å². The van der Waals surface area contributed by atoms with Crippen LogP contribution in [0.5, 0.6) is 0 Å². The van der Waals surface area contributed by atoms with Crippen molar-refractivity contribution in [2.45, 2.75) is 25.7 Å². The third-order valence-electron chi connectivity index (χ3n) is 3.41. The van der Waals surface area contributed by atoms with Gasteiger partial charge < -0.3 is 19.2 Å². The zero-order chi connectivity index (χ0) is 13.9. The van der Waals surface area contributed by atoms with Gasteiger partial charge in [0.05, 0.1) is 19.3 Å². The molecule has 1 saturated heterocycles. The molecule has 1 fully saturated rings. The molecule has 20 heavy (non-hydrogen) atoms. The number of ether oxygens (including phenoxy) is 2. The first-order valence-corrected chi connectivity index (χ1v) is 6.92. The van der Waals surface area contributed by atoms with Gasteiger partial charge in [0, 0.05) is 11.8 Å². The minimum atomic E-state index is -0.257. The molecule has 1 aromatic heterocycles. The Labute approximate surface area is 116 Å². The molecule has 2 heterocycles. The molecule has 1 aromatic carbocycles. The highest BCUT2D eigenvalue weighted by molar-refractivity contribution is 5.78. The second kappa shape index (κ2) is 5.91. The molecule has 0 radical (unpaired) electrons. The molecule has 0 saturated carbocycles. The fraction of sp³-hybridized carbons (Fsp3) is 0.467. The predicted molar refractivity (Wildman–Crippen MR) is 72.9 cm³/mol. The molecule has 0 bridgehead atoms. The molecule has 2 aromatic rings. The van der Waals surface area contributed by atoms with Gasteiger partial charge in [-0.1, -0.05) is 6.92 Å². The van der Waals surface area contributed by atoms with Crippen LogP contribution in [-0.2, 0) is 9.47 Å². The molecule has 4 nitrogen and oxygen atoms in total. The summed E-state index contributed by atoms with van der Waals surface area (Å²) in [5.74, 6) is 0.527. The molecule has 5 heteroatoms. The molecule has 1 atom stereocenters. The lowest BCUT2D eigenvalue weighted by molar-refractivity contribution is -0.0540. The van der Waals surface area contributed by atoms with E-state index < -0.39 is 0 Å². The van der Waals surface area contributed by atoms with E-state index in [4.69, 9.17) is 13.9 Å². The van der Waals surface area contributed by atoms with Crippen molar-refractivity contribution in [1.29, 1.82) is 0 Å². The summed E-state index contributed by atoms with van der Waals surface area (Å²) in [4.78, 5) is 0. The van der Waals surface area contributed by atoms with Gasteiger partial charge in [-0.3, -0.25) is 0 Å². The van der Waals surface area contributed by atoms with Crippen LogP contribution >= 0.6 is 0 Å². The third-order valence-corrected chi connectivity index (χ3v) is 3.41. The lowest BCUT2D eigenvalue weighted by Gasteiger charge is -2.18. The van der Waals surface area contributed by atoms with Gasteiger partial charge in [-0.15, -0.1) is 0 Å². The van der Waals surface area contributed by atoms with E-state index in [-0.39, 0.29) is 18.1 Å². The Morgan fingerprint density at radius 2 is 2.10 bits per heavy atom. The van der Waals surface area contributed by atoms with E-state index in [1.807, 2.05) is 13.0 Å². The quantitative estimate of drug-likeness (QED) is 0.913. The molecule has 0 amide bonds. The van der Waals surface area contributed by atoms with Crippen LogP contribution in [0, 0.1) is 5.82 Å². The monoisotopic (exact) mass is 279 g/mol. The molecule has 0 aliphatic carbocycles. The van der Waals surface area contributed by atoms with Crippen molar-refractivity contribution in [3.8, 4) is 0 Å². The van der Waals surface area contributed by atoms with Crippen molar-refractivity contribution in [2.75, 3.05) is 19.8 Å². The molecule has 1 N–H and O–H groups in total. The summed E-state index contributed by atoms with van der Waals surface area (Å²) in [5, 5.41) is 4.13. The number of hydrogen-bond acceptors (Lipinski definition) is 4. The largest absolute Gasteiger partial charge is 0.459 e. The third kappa shape index (κ3) is 2.85. The zero-order valence-electron chi connectivity index (χ0n) is 11.4. The van der Waals surface area contributed by atoms with Gasteiger partial charge in [0.25, 0.3) is 0 Å². The number of fused-ring (bicyclic) bond motifs is 1. The molecular formula is C15H18FNO3. The minimum absolute atomic E-state index is 0.00133. The summed E-state index contributed by atoms with van der Waals surface area (Å²) in [5.41, 5.74) is 0.692. The summed E-state index contributed by atoms with van der Waals surface area (Å²) in [6, 6.07) is 6.41. The van der Waals surface area contributed by atoms with Crippen molar-refractivity contribution in [3.63, 3.8) is 0 Å². The van der Waals surface area contributed by atoms with Crippen molar-refractivity contribution < 1.29 is 18.3 Å². The highest BCUT2D eigenvalue weighted by atomic mass is 19.1. The number of hydrogen-bond donors (Lipinski definition) is 1. The zero-order valence-corrected chi connectivity index (χ0v) is 11.4. The summed E-state index contributed by atoms with van der Waals surface area (Å²) < 4.78 is 30.0. The fourth-order valence-electron chi connectivity index (χ4n) is 2.49. The van der Waals surface area contributed by atoms with Crippen molar-refractivity contribution in [3.05, 3.63) is 35.8 Å². The van der Waals surface area contributed by atoms with Crippen LogP contribution < -0.4 is 5.32 Å². The molecule has 0 spiro atoms. The van der Waals surface area contributed by atoms with E-state index in [0.29, 0.717) is 25.2 Å². The topological polar surface area (TPSA) is 43.6 Å². The maximum absolute atomic E-state index is 13.2. The van der Waals surface area contributed by atoms with Gasteiger partial charge in [0.2, 0.25) is 0 Å². The molecule has 1 aliphatic heterocycles. The summed E-state index contributed by atoms with van der Waals surface area (Å²) in [7, 11) is 0. The van der Waals surface area contributed by atoms with E-state index in [2.05, 4.69) is 5.32 Å². The van der Waals surface area contributed by atoms with E-state index >= 15 is 0 Å². The summed E-state index contributed by atoms with van der Waals surface area (Å²) in [6.07, 6.45) is 0.472. The molecule has 3 rings (SSSR count). The van der Waals surface area contributed by atoms with Crippen molar-refractivity contribution in [1.82, 2.24) is 5.32 Å². The van der Waals surface area contributed by atoms with E-state index in [0.717, 1.165) is 17.7 Å². The van der Waals surface area contributed by atoms with Gasteiger partial charge in [-0.25, -0.2) is 4.39 Å². The number of rotatable bonds is 5. The van der Waals surface area contributed by atoms with Crippen LogP contribution in [0.4, 0.5) is 4.39 Å². The first-order valence-electron chi connectivity index (χ1n) is 6.92. The van der Waals surface area contributed by atoms with E-state index in [1.165, 1.54) is 12.1 Å². The molecular weight excluding hydrogens is 261 g/mol. The Kier molecular flexibility index (Phi) is 4.00. The SMILES string of the molecule is CCNC(CC1OCCO1)c1cc2cc(F)ccc2o1. The Balaban J connectivity index is 1.83. The van der Waals surface area contributed by atoms with Crippen LogP contribution in [0.1, 0.15) is 25.1 Å². The average Bonchev–Trinajstić information content (AvgIpc) is 3.06. The van der Waals surface area contributed by atoms with Gasteiger partial charge >= 0.3 is 0 Å². The van der Waals surface area contributed by atoms with Crippen LogP contribution in [0.2, 0.25) is 0 Å². The Bertz CT molecular complexity index is 578. The number of furan rings is 1. The number of nitrogens with one attached hydrogen (secondary N) is 1. The Morgan fingerprint density at radius 3 is 2.85 bits per heavy atom. The summed E-state index contributed by atoms with van der Waals surface area (Å²) in [6.45, 7) is 4.11. The average molecular weight is 279 g/mol. The summed E-state index contributed by atoms with van der Waals surface area (Å²) >= 11 is 0. The predicted octanol–water partition coefficient (Wildman–Crippen LogP) is 2.99. The van der Waals surface area contributed by atoms with Gasteiger partial charge in [-0.2, -0.15) is 0 Å². The van der Waals surface area contributed by atoms with E-state index in [9.17, 15) is 4.39 Å². The van der Waals surface area contributed by atoms with Crippen molar-refractivity contribution >= 4 is 11.0 Å². The maximum Gasteiger partial charge on any atom is 0.159 e. The lowest BCUT2D eigenvalue weighted by atomic mass is 10.1. The number of halogens is 1. The highest BCUT2D eigenvalue weighted by Gasteiger charge is 2.24. The first kappa shape index (κ1) is 13.5. The van der Waals surface area contributed by atoms with Crippen molar-refractivity contribution in [2.24, 2.45) is 0 Å². The van der Waals surface area contributed by atoms with E-state index in [1.54, 1.807) is 6.07 Å². The molecule has 1 unspecified atom stereocenters. The minimum Gasteiger partial charge on any atom is -0.459 e. The normalized spacial score (nSPS) is 17.9. The Morgan fingerprint density at radius 1 is 1.30 bits per heavy atom. The van der Waals surface area contributed by atoms with Crippen LogP contribution in [0.3, 0.4) is 0 Å². The first-order chi connectivity index (χ1) is 9.76. The number of benzene rings is 1. The molecule has 1 aliphatic rings. The van der Waals surface area contributed by atoms with Crippen LogP contribution in [-0.4, -0.2) is 26.0 Å². The second-order valence-corrected chi connectivity index (χ2v) is 4.85. The Hall–Kier alpha value is -1.43. The van der Waals surface area contributed by atoms with Gasteiger partial charge in [-0.05, 0) is 30.8 Å². The van der Waals surface area contributed by atoms with Crippen LogP contribution in [0.25, 0.3) is 11.0 Å². The second-order valence-electron chi connectivity index (χ2n) is 4.85. The molecule has 108 valence electrons. The smallest absolute Gasteiger partial charge is 0.159 e. The van der Waals surface area contributed by atoms with Gasteiger partial charge in [0.1, 0.15) is 17.2 Å². The standard InChI is InChI=1S/C15H18FNO3/c1-2-17-12(9-15-18-5-6-19-15)14-8-10-7-11(16)3-4-13(10)20-14/h3-4,7-8,12,15,17H,2,5-6,9H2,1H3. The fourth-order valence-corrected chi connectivity index (χ4v) is 2.49. The maximum atomic E-state index is 13.2.